The van der Waals surface area contributed by atoms with Crippen molar-refractivity contribution in [3.8, 4) is 0 Å². The standard InChI is InChI=1S/C20H36N6O2/c1-14(2)28-17-9-7-16(8-10-17)23-20(21-12-18-6-5-11-27-18)22-13-19-25-24-15(3)26(19)4/h14,16-18H,5-13H2,1-4H3,(H2,21,22,23). The predicted molar refractivity (Wildman–Crippen MR) is 109 cm³/mol. The lowest BCUT2D eigenvalue weighted by Crippen LogP contribution is -2.47. The number of rotatable bonds is 7. The molecule has 2 aliphatic rings. The van der Waals surface area contributed by atoms with Crippen LogP contribution in [0.15, 0.2) is 4.99 Å². The highest BCUT2D eigenvalue weighted by Gasteiger charge is 2.23. The third-order valence-electron chi connectivity index (χ3n) is 5.56. The minimum Gasteiger partial charge on any atom is -0.376 e. The van der Waals surface area contributed by atoms with Crippen LogP contribution in [-0.2, 0) is 23.1 Å². The lowest BCUT2D eigenvalue weighted by atomic mass is 9.93. The zero-order valence-electron chi connectivity index (χ0n) is 17.8. The molecule has 2 fully saturated rings. The van der Waals surface area contributed by atoms with Gasteiger partial charge in [0.05, 0.1) is 18.3 Å². The highest BCUT2D eigenvalue weighted by molar-refractivity contribution is 5.80. The molecule has 2 N–H and O–H groups in total. The van der Waals surface area contributed by atoms with E-state index in [0.29, 0.717) is 24.8 Å². The number of hydrogen-bond donors (Lipinski definition) is 2. The van der Waals surface area contributed by atoms with Gasteiger partial charge in [-0.15, -0.1) is 10.2 Å². The van der Waals surface area contributed by atoms with Gasteiger partial charge in [-0.25, -0.2) is 4.99 Å². The van der Waals surface area contributed by atoms with Crippen LogP contribution in [0.5, 0.6) is 0 Å². The molecule has 1 aromatic heterocycles. The topological polar surface area (TPSA) is 85.6 Å². The predicted octanol–water partition coefficient (Wildman–Crippen LogP) is 2.07. The highest BCUT2D eigenvalue weighted by atomic mass is 16.5. The lowest BCUT2D eigenvalue weighted by Gasteiger charge is -2.31. The van der Waals surface area contributed by atoms with Crippen LogP contribution in [-0.4, -0.2) is 58.2 Å². The van der Waals surface area contributed by atoms with Gasteiger partial charge >= 0.3 is 0 Å². The minimum absolute atomic E-state index is 0.277. The molecule has 1 aromatic rings. The number of guanidine groups is 1. The van der Waals surface area contributed by atoms with E-state index in [9.17, 15) is 0 Å². The van der Waals surface area contributed by atoms with Crippen molar-refractivity contribution in [3.05, 3.63) is 11.6 Å². The second-order valence-electron chi connectivity index (χ2n) is 8.21. The van der Waals surface area contributed by atoms with Crippen LogP contribution in [0.2, 0.25) is 0 Å². The number of aryl methyl sites for hydroxylation is 1. The van der Waals surface area contributed by atoms with Gasteiger partial charge in [-0.1, -0.05) is 0 Å². The lowest BCUT2D eigenvalue weighted by molar-refractivity contribution is -0.0152. The summed E-state index contributed by atoms with van der Waals surface area (Å²) < 4.78 is 13.7. The molecule has 1 saturated heterocycles. The minimum atomic E-state index is 0.277. The molecule has 0 amide bonds. The first-order valence-electron chi connectivity index (χ1n) is 10.7. The first kappa shape index (κ1) is 21.0. The maximum Gasteiger partial charge on any atom is 0.192 e. The van der Waals surface area contributed by atoms with Gasteiger partial charge in [0, 0.05) is 26.2 Å². The van der Waals surface area contributed by atoms with Gasteiger partial charge in [-0.2, -0.15) is 0 Å². The SMILES string of the molecule is Cc1nnc(CN=C(NCC2CCCO2)NC2CCC(OC(C)C)CC2)n1C. The Labute approximate surface area is 168 Å². The summed E-state index contributed by atoms with van der Waals surface area (Å²) in [7, 11) is 1.98. The normalized spacial score (nSPS) is 26.0. The zero-order valence-corrected chi connectivity index (χ0v) is 17.8. The van der Waals surface area contributed by atoms with E-state index in [1.165, 1.54) is 0 Å². The van der Waals surface area contributed by atoms with Gasteiger partial charge in [-0.3, -0.25) is 0 Å². The van der Waals surface area contributed by atoms with E-state index in [4.69, 9.17) is 14.5 Å². The molecule has 1 atom stereocenters. The molecule has 1 saturated carbocycles. The Kier molecular flexibility index (Phi) is 7.67. The quantitative estimate of drug-likeness (QED) is 0.546. The number of nitrogens with one attached hydrogen (secondary N) is 2. The van der Waals surface area contributed by atoms with Crippen molar-refractivity contribution in [2.45, 2.75) is 90.2 Å². The van der Waals surface area contributed by atoms with Crippen molar-refractivity contribution in [1.29, 1.82) is 0 Å². The molecule has 0 bridgehead atoms. The van der Waals surface area contributed by atoms with E-state index in [1.807, 2.05) is 18.5 Å². The second-order valence-corrected chi connectivity index (χ2v) is 8.21. The van der Waals surface area contributed by atoms with Crippen LogP contribution in [0, 0.1) is 6.92 Å². The van der Waals surface area contributed by atoms with Gasteiger partial charge in [0.2, 0.25) is 0 Å². The van der Waals surface area contributed by atoms with Crippen LogP contribution in [0.4, 0.5) is 0 Å². The molecule has 158 valence electrons. The number of ether oxygens (including phenoxy) is 2. The van der Waals surface area contributed by atoms with Crippen molar-refractivity contribution in [3.63, 3.8) is 0 Å². The van der Waals surface area contributed by atoms with Crippen LogP contribution in [0.25, 0.3) is 0 Å². The van der Waals surface area contributed by atoms with E-state index in [-0.39, 0.29) is 6.10 Å². The van der Waals surface area contributed by atoms with E-state index >= 15 is 0 Å². The molecule has 0 aromatic carbocycles. The molecule has 1 aliphatic heterocycles. The fraction of sp³-hybridized carbons (Fsp3) is 0.850. The van der Waals surface area contributed by atoms with Crippen molar-refractivity contribution < 1.29 is 9.47 Å². The van der Waals surface area contributed by atoms with Gasteiger partial charge in [0.15, 0.2) is 11.8 Å². The fourth-order valence-corrected chi connectivity index (χ4v) is 3.83. The Morgan fingerprint density at radius 3 is 2.64 bits per heavy atom. The molecule has 8 heteroatoms. The molecular formula is C20H36N6O2. The first-order valence-corrected chi connectivity index (χ1v) is 10.7. The summed E-state index contributed by atoms with van der Waals surface area (Å²) in [6, 6.07) is 0.420. The monoisotopic (exact) mass is 392 g/mol. The number of nitrogens with zero attached hydrogens (tertiary/aromatic N) is 4. The summed E-state index contributed by atoms with van der Waals surface area (Å²) in [5.74, 6) is 2.60. The third kappa shape index (κ3) is 6.17. The third-order valence-corrected chi connectivity index (χ3v) is 5.56. The van der Waals surface area contributed by atoms with Gasteiger partial charge in [0.25, 0.3) is 0 Å². The Morgan fingerprint density at radius 2 is 2.04 bits per heavy atom. The van der Waals surface area contributed by atoms with Crippen molar-refractivity contribution in [2.75, 3.05) is 13.2 Å². The van der Waals surface area contributed by atoms with Gasteiger partial charge in [0.1, 0.15) is 12.4 Å². The van der Waals surface area contributed by atoms with Crippen LogP contribution < -0.4 is 10.6 Å². The maximum absolute atomic E-state index is 5.97. The maximum atomic E-state index is 5.97. The van der Waals surface area contributed by atoms with E-state index in [1.54, 1.807) is 0 Å². The largest absolute Gasteiger partial charge is 0.376 e. The Morgan fingerprint density at radius 1 is 1.25 bits per heavy atom. The molecule has 1 aliphatic carbocycles. The van der Waals surface area contributed by atoms with Crippen molar-refractivity contribution in [2.24, 2.45) is 12.0 Å². The number of aromatic nitrogens is 3. The fourth-order valence-electron chi connectivity index (χ4n) is 3.83. The summed E-state index contributed by atoms with van der Waals surface area (Å²) in [6.45, 7) is 8.33. The Balaban J connectivity index is 1.56. The molecular weight excluding hydrogens is 356 g/mol. The van der Waals surface area contributed by atoms with Gasteiger partial charge in [-0.05, 0) is 59.3 Å². The molecule has 8 nitrogen and oxygen atoms in total. The van der Waals surface area contributed by atoms with Crippen molar-refractivity contribution >= 4 is 5.96 Å². The van der Waals surface area contributed by atoms with Crippen molar-refractivity contribution in [1.82, 2.24) is 25.4 Å². The van der Waals surface area contributed by atoms with Crippen LogP contribution in [0.3, 0.4) is 0 Å². The summed E-state index contributed by atoms with van der Waals surface area (Å²) >= 11 is 0. The molecule has 1 unspecified atom stereocenters. The Hall–Kier alpha value is -1.67. The average Bonchev–Trinajstić information content (AvgIpc) is 3.30. The molecule has 2 heterocycles. The van der Waals surface area contributed by atoms with Crippen LogP contribution >= 0.6 is 0 Å². The molecule has 0 spiro atoms. The second kappa shape index (κ2) is 10.2. The Bertz CT molecular complexity index is 631. The first-order chi connectivity index (χ1) is 13.5. The zero-order chi connectivity index (χ0) is 19.9. The van der Waals surface area contributed by atoms with E-state index in [2.05, 4.69) is 34.7 Å². The van der Waals surface area contributed by atoms with Gasteiger partial charge < -0.3 is 24.7 Å². The summed E-state index contributed by atoms with van der Waals surface area (Å²) in [6.07, 6.45) is 7.61. The number of aliphatic imine (C=N–C) groups is 1. The smallest absolute Gasteiger partial charge is 0.192 e. The summed E-state index contributed by atoms with van der Waals surface area (Å²) in [5, 5.41) is 15.4. The summed E-state index contributed by atoms with van der Waals surface area (Å²) in [4.78, 5) is 4.77. The summed E-state index contributed by atoms with van der Waals surface area (Å²) in [5.41, 5.74) is 0. The molecule has 3 rings (SSSR count). The van der Waals surface area contributed by atoms with E-state index < -0.39 is 0 Å². The highest BCUT2D eigenvalue weighted by Crippen LogP contribution is 2.22. The van der Waals surface area contributed by atoms with Crippen LogP contribution in [0.1, 0.15) is 64.0 Å². The van der Waals surface area contributed by atoms with E-state index in [0.717, 1.165) is 69.3 Å². The number of hydrogen-bond acceptors (Lipinski definition) is 5. The average molecular weight is 393 g/mol. The molecule has 28 heavy (non-hydrogen) atoms. The molecule has 0 radical (unpaired) electrons.